The first kappa shape index (κ1) is 17.5. The van der Waals surface area contributed by atoms with Gasteiger partial charge in [0.25, 0.3) is 5.56 Å². The van der Waals surface area contributed by atoms with Crippen LogP contribution in [0.3, 0.4) is 0 Å². The number of nitrogens with zero attached hydrogens (tertiary/aromatic N) is 2. The predicted octanol–water partition coefficient (Wildman–Crippen LogP) is 2.29. The average Bonchev–Trinajstić information content (AvgIpc) is 3.09. The number of aromatic amines is 2. The Kier molecular flexibility index (Phi) is 3.92. The number of hydrogen-bond acceptors (Lipinski definition) is 4. The molecule has 4 aromatic rings. The SMILES string of the molecule is CN1CCc2c([nH]c3ccccc23)[C@@H]1c1c(O)n(-c2ccccc2)c(=O)[nH]c1=O. The third kappa shape index (κ3) is 2.62. The Morgan fingerprint density at radius 3 is 2.52 bits per heavy atom. The Balaban J connectivity index is 1.79. The highest BCUT2D eigenvalue weighted by atomic mass is 16.3. The third-order valence-corrected chi connectivity index (χ3v) is 5.68. The summed E-state index contributed by atoms with van der Waals surface area (Å²) in [4.78, 5) is 33.2. The van der Waals surface area contributed by atoms with Crippen molar-refractivity contribution >= 4 is 10.9 Å². The zero-order valence-corrected chi connectivity index (χ0v) is 15.8. The van der Waals surface area contributed by atoms with E-state index in [2.05, 4.69) is 16.0 Å². The Bertz CT molecular complexity index is 1330. The van der Waals surface area contributed by atoms with Crippen molar-refractivity contribution in [2.24, 2.45) is 0 Å². The fraction of sp³-hybridized carbons (Fsp3) is 0.182. The highest BCUT2D eigenvalue weighted by molar-refractivity contribution is 5.85. The monoisotopic (exact) mass is 388 g/mol. The van der Waals surface area contributed by atoms with Crippen LogP contribution in [-0.4, -0.2) is 38.1 Å². The molecular formula is C22H20N4O3. The van der Waals surface area contributed by atoms with Crippen LogP contribution in [0, 0.1) is 0 Å². The molecule has 1 aliphatic rings. The molecule has 1 aliphatic heterocycles. The molecule has 0 unspecified atom stereocenters. The Morgan fingerprint density at radius 2 is 1.72 bits per heavy atom. The van der Waals surface area contributed by atoms with Gasteiger partial charge in [0.15, 0.2) is 0 Å². The van der Waals surface area contributed by atoms with Gasteiger partial charge in [0.05, 0.1) is 11.7 Å². The van der Waals surface area contributed by atoms with Crippen molar-refractivity contribution in [1.29, 1.82) is 0 Å². The van der Waals surface area contributed by atoms with Crippen LogP contribution in [0.25, 0.3) is 16.6 Å². The molecule has 1 atom stereocenters. The number of hydrogen-bond donors (Lipinski definition) is 3. The molecule has 3 heterocycles. The van der Waals surface area contributed by atoms with E-state index >= 15 is 0 Å². The molecule has 7 heteroatoms. The number of para-hydroxylation sites is 2. The molecule has 29 heavy (non-hydrogen) atoms. The summed E-state index contributed by atoms with van der Waals surface area (Å²) < 4.78 is 1.14. The lowest BCUT2D eigenvalue weighted by Gasteiger charge is -2.33. The molecule has 0 aliphatic carbocycles. The summed E-state index contributed by atoms with van der Waals surface area (Å²) in [6, 6.07) is 16.3. The van der Waals surface area contributed by atoms with Gasteiger partial charge < -0.3 is 10.1 Å². The highest BCUT2D eigenvalue weighted by Gasteiger charge is 2.34. The third-order valence-electron chi connectivity index (χ3n) is 5.68. The van der Waals surface area contributed by atoms with E-state index in [1.54, 1.807) is 24.3 Å². The van der Waals surface area contributed by atoms with E-state index in [0.717, 1.165) is 39.7 Å². The van der Waals surface area contributed by atoms with Crippen molar-refractivity contribution in [1.82, 2.24) is 19.4 Å². The van der Waals surface area contributed by atoms with Gasteiger partial charge >= 0.3 is 5.69 Å². The summed E-state index contributed by atoms with van der Waals surface area (Å²) in [5.41, 5.74) is 2.40. The molecule has 0 radical (unpaired) electrons. The van der Waals surface area contributed by atoms with E-state index in [4.69, 9.17) is 0 Å². The van der Waals surface area contributed by atoms with Crippen LogP contribution in [0.2, 0.25) is 0 Å². The van der Waals surface area contributed by atoms with E-state index in [9.17, 15) is 14.7 Å². The largest absolute Gasteiger partial charge is 0.494 e. The molecule has 7 nitrogen and oxygen atoms in total. The van der Waals surface area contributed by atoms with Gasteiger partial charge in [-0.2, -0.15) is 0 Å². The lowest BCUT2D eigenvalue weighted by atomic mass is 9.94. The quantitative estimate of drug-likeness (QED) is 0.491. The van der Waals surface area contributed by atoms with Crippen LogP contribution in [0.5, 0.6) is 5.88 Å². The first-order valence-electron chi connectivity index (χ1n) is 9.49. The van der Waals surface area contributed by atoms with E-state index in [0.29, 0.717) is 5.69 Å². The molecule has 2 aromatic carbocycles. The van der Waals surface area contributed by atoms with Gasteiger partial charge in [-0.05, 0) is 37.2 Å². The molecule has 0 bridgehead atoms. The summed E-state index contributed by atoms with van der Waals surface area (Å²) in [6.07, 6.45) is 0.837. The molecule has 0 fully saturated rings. The minimum absolute atomic E-state index is 0.156. The number of rotatable bonds is 2. The molecular weight excluding hydrogens is 368 g/mol. The second-order valence-electron chi connectivity index (χ2n) is 7.36. The minimum atomic E-state index is -0.669. The topological polar surface area (TPSA) is 94.1 Å². The van der Waals surface area contributed by atoms with Crippen LogP contribution in [0.1, 0.15) is 22.9 Å². The summed E-state index contributed by atoms with van der Waals surface area (Å²) in [5, 5.41) is 12.2. The molecule has 2 aromatic heterocycles. The normalized spacial score (nSPS) is 16.8. The fourth-order valence-electron chi connectivity index (χ4n) is 4.33. The van der Waals surface area contributed by atoms with Crippen molar-refractivity contribution in [3.8, 4) is 11.6 Å². The van der Waals surface area contributed by atoms with Crippen molar-refractivity contribution in [3.63, 3.8) is 0 Å². The molecule has 5 rings (SSSR count). The lowest BCUT2D eigenvalue weighted by Crippen LogP contribution is -2.39. The van der Waals surface area contributed by atoms with E-state index in [1.807, 2.05) is 36.2 Å². The maximum atomic E-state index is 12.8. The highest BCUT2D eigenvalue weighted by Crippen LogP contribution is 2.38. The summed E-state index contributed by atoms with van der Waals surface area (Å²) in [6.45, 7) is 0.725. The number of likely N-dealkylation sites (N-methyl/N-ethyl adjacent to an activating group) is 1. The van der Waals surface area contributed by atoms with Gasteiger partial charge in [0, 0.05) is 23.1 Å². The Morgan fingerprint density at radius 1 is 1.00 bits per heavy atom. The van der Waals surface area contributed by atoms with Crippen LogP contribution in [-0.2, 0) is 6.42 Å². The molecule has 0 spiro atoms. The fourth-order valence-corrected chi connectivity index (χ4v) is 4.33. The van der Waals surface area contributed by atoms with Crippen LogP contribution in [0.4, 0.5) is 0 Å². The Hall–Kier alpha value is -3.58. The molecule has 0 amide bonds. The molecule has 0 saturated carbocycles. The van der Waals surface area contributed by atoms with Crippen LogP contribution < -0.4 is 11.2 Å². The lowest BCUT2D eigenvalue weighted by molar-refractivity contribution is 0.252. The molecule has 0 saturated heterocycles. The van der Waals surface area contributed by atoms with Gasteiger partial charge in [-0.1, -0.05) is 36.4 Å². The van der Waals surface area contributed by atoms with Gasteiger partial charge in [-0.25, -0.2) is 9.36 Å². The molecule has 146 valence electrons. The summed E-state index contributed by atoms with van der Waals surface area (Å²) >= 11 is 0. The number of aromatic nitrogens is 3. The van der Waals surface area contributed by atoms with Crippen LogP contribution >= 0.6 is 0 Å². The average molecular weight is 388 g/mol. The van der Waals surface area contributed by atoms with Gasteiger partial charge in [0.1, 0.15) is 5.56 Å². The maximum absolute atomic E-state index is 12.8. The van der Waals surface area contributed by atoms with Gasteiger partial charge in [-0.15, -0.1) is 0 Å². The van der Waals surface area contributed by atoms with Crippen molar-refractivity contribution < 1.29 is 5.11 Å². The van der Waals surface area contributed by atoms with E-state index in [-0.39, 0.29) is 11.4 Å². The Labute approximate surface area is 165 Å². The van der Waals surface area contributed by atoms with E-state index < -0.39 is 17.3 Å². The first-order chi connectivity index (χ1) is 14.1. The minimum Gasteiger partial charge on any atom is -0.494 e. The zero-order chi connectivity index (χ0) is 20.1. The maximum Gasteiger partial charge on any atom is 0.335 e. The van der Waals surface area contributed by atoms with Gasteiger partial charge in [-0.3, -0.25) is 14.7 Å². The standard InChI is InChI=1S/C22H20N4O3/c1-25-12-11-15-14-9-5-6-10-16(14)23-18(15)19(25)17-20(27)24-22(29)26(21(17)28)13-7-3-2-4-8-13/h2-10,19,23,28H,11-12H2,1H3,(H,24,27,29)/t19-/m0/s1. The second-order valence-corrected chi connectivity index (χ2v) is 7.36. The number of fused-ring (bicyclic) bond motifs is 3. The number of H-pyrrole nitrogens is 2. The van der Waals surface area contributed by atoms with Gasteiger partial charge in [0.2, 0.25) is 5.88 Å². The molecule has 3 N–H and O–H groups in total. The summed E-state index contributed by atoms with van der Waals surface area (Å²) in [5.74, 6) is -0.340. The van der Waals surface area contributed by atoms with Crippen molar-refractivity contribution in [2.45, 2.75) is 12.5 Å². The first-order valence-corrected chi connectivity index (χ1v) is 9.49. The van der Waals surface area contributed by atoms with E-state index in [1.165, 1.54) is 0 Å². The number of benzene rings is 2. The zero-order valence-electron chi connectivity index (χ0n) is 15.8. The van der Waals surface area contributed by atoms with Crippen molar-refractivity contribution in [3.05, 3.63) is 92.3 Å². The summed E-state index contributed by atoms with van der Waals surface area (Å²) in [7, 11) is 1.91. The smallest absolute Gasteiger partial charge is 0.335 e. The predicted molar refractivity (Wildman–Crippen MR) is 111 cm³/mol. The number of aromatic hydroxyl groups is 1. The van der Waals surface area contributed by atoms with Crippen molar-refractivity contribution in [2.75, 3.05) is 13.6 Å². The second kappa shape index (κ2) is 6.49. The number of nitrogens with one attached hydrogen (secondary N) is 2. The van der Waals surface area contributed by atoms with Crippen LogP contribution in [0.15, 0.2) is 64.2 Å².